The molecule has 2 aromatic carbocycles. The molecule has 144 valence electrons. The summed E-state index contributed by atoms with van der Waals surface area (Å²) in [6.07, 6.45) is 0.510. The summed E-state index contributed by atoms with van der Waals surface area (Å²) in [5.41, 5.74) is 2.61. The van der Waals surface area contributed by atoms with E-state index in [9.17, 15) is 9.59 Å². The molecule has 2 N–H and O–H groups in total. The lowest BCUT2D eigenvalue weighted by molar-refractivity contribution is -0.116. The minimum Gasteiger partial charge on any atom is -0.486 e. The number of aryl methyl sites for hydroxylation is 2. The summed E-state index contributed by atoms with van der Waals surface area (Å²) >= 11 is 5.98. The van der Waals surface area contributed by atoms with E-state index in [4.69, 9.17) is 21.1 Å². The lowest BCUT2D eigenvalue weighted by Crippen LogP contribution is -2.18. The van der Waals surface area contributed by atoms with Gasteiger partial charge in [0.25, 0.3) is 5.56 Å². The van der Waals surface area contributed by atoms with Crippen molar-refractivity contribution in [3.05, 3.63) is 62.9 Å². The molecule has 1 aliphatic rings. The molecule has 1 amide bonds. The van der Waals surface area contributed by atoms with Gasteiger partial charge in [0, 0.05) is 34.1 Å². The third kappa shape index (κ3) is 3.82. The molecule has 0 aliphatic carbocycles. The van der Waals surface area contributed by atoms with E-state index >= 15 is 0 Å². The number of rotatable bonds is 4. The average molecular weight is 399 g/mol. The Morgan fingerprint density at radius 2 is 1.89 bits per heavy atom. The second-order valence-electron chi connectivity index (χ2n) is 6.71. The highest BCUT2D eigenvalue weighted by Gasteiger charge is 2.14. The van der Waals surface area contributed by atoms with E-state index in [1.54, 1.807) is 24.3 Å². The van der Waals surface area contributed by atoms with Gasteiger partial charge < -0.3 is 19.8 Å². The van der Waals surface area contributed by atoms with E-state index in [0.29, 0.717) is 52.9 Å². The number of carbonyl (C=O) groups excluding carboxylic acids is 1. The van der Waals surface area contributed by atoms with Crippen molar-refractivity contribution in [3.8, 4) is 11.5 Å². The van der Waals surface area contributed by atoms with Crippen LogP contribution in [0.1, 0.15) is 17.5 Å². The molecule has 0 spiro atoms. The third-order valence-corrected chi connectivity index (χ3v) is 4.91. The molecule has 0 atom stereocenters. The Morgan fingerprint density at radius 1 is 1.14 bits per heavy atom. The summed E-state index contributed by atoms with van der Waals surface area (Å²) < 4.78 is 11.1. The molecule has 4 rings (SSSR count). The van der Waals surface area contributed by atoms with Crippen molar-refractivity contribution in [1.29, 1.82) is 0 Å². The molecule has 3 aromatic rings. The lowest BCUT2D eigenvalue weighted by Gasteiger charge is -2.18. The molecule has 6 nitrogen and oxygen atoms in total. The number of hydrogen-bond acceptors (Lipinski definition) is 4. The first-order chi connectivity index (χ1) is 13.5. The first kappa shape index (κ1) is 18.4. The number of ether oxygens (including phenoxy) is 2. The van der Waals surface area contributed by atoms with Crippen molar-refractivity contribution in [1.82, 2.24) is 4.98 Å². The summed E-state index contributed by atoms with van der Waals surface area (Å²) in [6.45, 7) is 2.88. The molecule has 28 heavy (non-hydrogen) atoms. The predicted octanol–water partition coefficient (Wildman–Crippen LogP) is 3.83. The van der Waals surface area contributed by atoms with Gasteiger partial charge in [-0.25, -0.2) is 0 Å². The van der Waals surface area contributed by atoms with E-state index in [1.165, 1.54) is 0 Å². The molecule has 0 saturated carbocycles. The Morgan fingerprint density at radius 3 is 2.68 bits per heavy atom. The van der Waals surface area contributed by atoms with E-state index < -0.39 is 0 Å². The van der Waals surface area contributed by atoms with Gasteiger partial charge in [-0.2, -0.15) is 0 Å². The number of aromatic nitrogens is 1. The first-order valence-corrected chi connectivity index (χ1v) is 9.39. The topological polar surface area (TPSA) is 80.4 Å². The monoisotopic (exact) mass is 398 g/mol. The van der Waals surface area contributed by atoms with E-state index in [2.05, 4.69) is 10.3 Å². The number of halogens is 1. The normalized spacial score (nSPS) is 12.8. The van der Waals surface area contributed by atoms with Gasteiger partial charge in [0.2, 0.25) is 5.91 Å². The quantitative estimate of drug-likeness (QED) is 0.699. The smallest absolute Gasteiger partial charge is 0.251 e. The fourth-order valence-corrected chi connectivity index (χ4v) is 3.34. The van der Waals surface area contributed by atoms with Crippen LogP contribution in [0.2, 0.25) is 5.02 Å². The summed E-state index contributed by atoms with van der Waals surface area (Å²) in [6, 6.07) is 10.7. The predicted molar refractivity (Wildman–Crippen MR) is 109 cm³/mol. The lowest BCUT2D eigenvalue weighted by atomic mass is 10.1. The molecule has 2 heterocycles. The number of amides is 1. The van der Waals surface area contributed by atoms with Gasteiger partial charge in [0.15, 0.2) is 11.5 Å². The van der Waals surface area contributed by atoms with Crippen LogP contribution in [0.5, 0.6) is 11.5 Å². The SMILES string of the molecule is Cc1ccc(Cl)cc1NC(=O)CCc1cc2cc3c(cc2[nH]c1=O)OCCO3. The van der Waals surface area contributed by atoms with Gasteiger partial charge in [-0.1, -0.05) is 17.7 Å². The standard InChI is InChI=1S/C21H19ClN2O4/c1-12-2-4-15(22)10-16(12)23-20(25)5-3-13-8-14-9-18-19(28-7-6-27-18)11-17(14)24-21(13)26/h2,4,8-11H,3,5-7H2,1H3,(H,23,25)(H,24,26). The van der Waals surface area contributed by atoms with E-state index in [0.717, 1.165) is 10.9 Å². The van der Waals surface area contributed by atoms with Crippen LogP contribution in [-0.2, 0) is 11.2 Å². The minimum absolute atomic E-state index is 0.174. The van der Waals surface area contributed by atoms with Crippen molar-refractivity contribution < 1.29 is 14.3 Å². The highest BCUT2D eigenvalue weighted by Crippen LogP contribution is 2.33. The van der Waals surface area contributed by atoms with Gasteiger partial charge in [-0.05, 0) is 43.2 Å². The molecular formula is C21H19ClN2O4. The largest absolute Gasteiger partial charge is 0.486 e. The third-order valence-electron chi connectivity index (χ3n) is 4.68. The molecule has 1 aromatic heterocycles. The van der Waals surface area contributed by atoms with Crippen LogP contribution >= 0.6 is 11.6 Å². The molecule has 0 fully saturated rings. The van der Waals surface area contributed by atoms with Crippen LogP contribution < -0.4 is 20.3 Å². The summed E-state index contributed by atoms with van der Waals surface area (Å²) in [5, 5.41) is 4.24. The summed E-state index contributed by atoms with van der Waals surface area (Å²) in [5.74, 6) is 1.11. The number of H-pyrrole nitrogens is 1. The van der Waals surface area contributed by atoms with Gasteiger partial charge >= 0.3 is 0 Å². The van der Waals surface area contributed by atoms with Crippen LogP contribution in [0.25, 0.3) is 10.9 Å². The summed E-state index contributed by atoms with van der Waals surface area (Å²) in [7, 11) is 0. The van der Waals surface area contributed by atoms with Crippen LogP contribution in [-0.4, -0.2) is 24.1 Å². The maximum Gasteiger partial charge on any atom is 0.251 e. The maximum absolute atomic E-state index is 12.4. The van der Waals surface area contributed by atoms with Crippen molar-refractivity contribution in [2.75, 3.05) is 18.5 Å². The molecule has 0 bridgehead atoms. The van der Waals surface area contributed by atoms with Crippen LogP contribution in [0.3, 0.4) is 0 Å². The van der Waals surface area contributed by atoms with Crippen LogP contribution in [0.4, 0.5) is 5.69 Å². The minimum atomic E-state index is -0.212. The van der Waals surface area contributed by atoms with Gasteiger partial charge in [-0.15, -0.1) is 0 Å². The fourth-order valence-electron chi connectivity index (χ4n) is 3.16. The number of hydrogen-bond donors (Lipinski definition) is 2. The zero-order valence-corrected chi connectivity index (χ0v) is 16.1. The first-order valence-electron chi connectivity index (χ1n) is 9.01. The number of carbonyl (C=O) groups is 1. The number of anilines is 1. The Balaban J connectivity index is 1.51. The maximum atomic E-state index is 12.4. The second kappa shape index (κ2) is 7.56. The molecule has 0 unspecified atom stereocenters. The van der Waals surface area contributed by atoms with Gasteiger partial charge in [0.1, 0.15) is 13.2 Å². The van der Waals surface area contributed by atoms with Crippen LogP contribution in [0.15, 0.2) is 41.2 Å². The zero-order valence-electron chi connectivity index (χ0n) is 15.3. The molecule has 1 aliphatic heterocycles. The van der Waals surface area contributed by atoms with Crippen molar-refractivity contribution in [3.63, 3.8) is 0 Å². The number of aromatic amines is 1. The van der Waals surface area contributed by atoms with Gasteiger partial charge in [0.05, 0.1) is 5.52 Å². The van der Waals surface area contributed by atoms with Gasteiger partial charge in [-0.3, -0.25) is 9.59 Å². The van der Waals surface area contributed by atoms with E-state index in [1.807, 2.05) is 19.1 Å². The Kier molecular flexibility index (Phi) is 4.96. The second-order valence-corrected chi connectivity index (χ2v) is 7.15. The van der Waals surface area contributed by atoms with Crippen LogP contribution in [0, 0.1) is 6.92 Å². The molecular weight excluding hydrogens is 380 g/mol. The molecule has 7 heteroatoms. The Bertz CT molecular complexity index is 1120. The Labute approximate surface area is 166 Å². The Hall–Kier alpha value is -2.99. The highest BCUT2D eigenvalue weighted by atomic mass is 35.5. The molecule has 0 saturated heterocycles. The number of fused-ring (bicyclic) bond motifs is 2. The summed E-state index contributed by atoms with van der Waals surface area (Å²) in [4.78, 5) is 27.6. The van der Waals surface area contributed by atoms with E-state index in [-0.39, 0.29) is 17.9 Å². The van der Waals surface area contributed by atoms with Crippen molar-refractivity contribution in [2.24, 2.45) is 0 Å². The number of nitrogens with one attached hydrogen (secondary N) is 2. The number of pyridine rings is 1. The number of benzene rings is 2. The average Bonchev–Trinajstić information content (AvgIpc) is 2.67. The highest BCUT2D eigenvalue weighted by molar-refractivity contribution is 6.31. The fraction of sp³-hybridized carbons (Fsp3) is 0.238. The van der Waals surface area contributed by atoms with Crippen molar-refractivity contribution >= 4 is 34.1 Å². The zero-order chi connectivity index (χ0) is 19.7. The molecule has 0 radical (unpaired) electrons. The van der Waals surface area contributed by atoms with Crippen molar-refractivity contribution in [2.45, 2.75) is 19.8 Å².